The normalized spacial score (nSPS) is 11.3. The number of hydrogen-bond acceptors (Lipinski definition) is 2. The summed E-state index contributed by atoms with van der Waals surface area (Å²) >= 11 is 0. The van der Waals surface area contributed by atoms with Gasteiger partial charge in [0.05, 0.1) is 17.2 Å². The van der Waals surface area contributed by atoms with Crippen molar-refractivity contribution in [3.05, 3.63) is 24.3 Å². The van der Waals surface area contributed by atoms with Crippen LogP contribution in [0.5, 0.6) is 0 Å². The first-order valence-electron chi connectivity index (χ1n) is 4.54. The van der Waals surface area contributed by atoms with Gasteiger partial charge in [-0.1, -0.05) is 13.8 Å². The number of H-pyrrole nitrogens is 1. The van der Waals surface area contributed by atoms with Gasteiger partial charge in [0.15, 0.2) is 0 Å². The Morgan fingerprint density at radius 3 is 3.08 bits per heavy atom. The summed E-state index contributed by atoms with van der Waals surface area (Å²) in [6, 6.07) is 1.97. The molecule has 0 fully saturated rings. The van der Waals surface area contributed by atoms with E-state index in [9.17, 15) is 0 Å². The van der Waals surface area contributed by atoms with Gasteiger partial charge in [-0.3, -0.25) is 0 Å². The molecule has 2 aromatic rings. The molecule has 3 heteroatoms. The number of nitrogens with one attached hydrogen (secondary N) is 1. The first-order valence-corrected chi connectivity index (χ1v) is 4.54. The Balaban J connectivity index is 2.37. The standard InChI is InChI=1S/C10H13N3/c1-7(2)5-10-12-6-9-8(13-10)3-4-11-9/h3-4,6-7,11H,5H2,1-2H3. The maximum absolute atomic E-state index is 4.43. The highest BCUT2D eigenvalue weighted by molar-refractivity contribution is 5.73. The lowest BCUT2D eigenvalue weighted by Gasteiger charge is -2.02. The summed E-state index contributed by atoms with van der Waals surface area (Å²) in [5, 5.41) is 0. The van der Waals surface area contributed by atoms with Gasteiger partial charge in [0, 0.05) is 12.6 Å². The van der Waals surface area contributed by atoms with E-state index >= 15 is 0 Å². The predicted octanol–water partition coefficient (Wildman–Crippen LogP) is 2.16. The molecule has 0 unspecified atom stereocenters. The Bertz CT molecular complexity index is 403. The monoisotopic (exact) mass is 175 g/mol. The number of aromatic amines is 1. The third kappa shape index (κ3) is 1.69. The second-order valence-corrected chi connectivity index (χ2v) is 3.66. The Hall–Kier alpha value is -1.38. The number of hydrogen-bond donors (Lipinski definition) is 1. The highest BCUT2D eigenvalue weighted by Gasteiger charge is 2.02. The summed E-state index contributed by atoms with van der Waals surface area (Å²) in [5.74, 6) is 1.54. The fourth-order valence-corrected chi connectivity index (χ4v) is 1.35. The van der Waals surface area contributed by atoms with E-state index in [0.29, 0.717) is 5.92 Å². The van der Waals surface area contributed by atoms with Crippen molar-refractivity contribution in [1.82, 2.24) is 15.0 Å². The van der Waals surface area contributed by atoms with Gasteiger partial charge in [-0.25, -0.2) is 9.97 Å². The number of nitrogens with zero attached hydrogens (tertiary/aromatic N) is 2. The molecule has 0 atom stereocenters. The maximum Gasteiger partial charge on any atom is 0.129 e. The molecule has 2 heterocycles. The van der Waals surface area contributed by atoms with Gasteiger partial charge in [-0.15, -0.1) is 0 Å². The Morgan fingerprint density at radius 1 is 1.46 bits per heavy atom. The molecule has 2 rings (SSSR count). The third-order valence-corrected chi connectivity index (χ3v) is 1.94. The Kier molecular flexibility index (Phi) is 2.00. The van der Waals surface area contributed by atoms with Crippen LogP contribution in [0.2, 0.25) is 0 Å². The first kappa shape index (κ1) is 8.23. The summed E-state index contributed by atoms with van der Waals surface area (Å²) in [4.78, 5) is 11.8. The summed E-state index contributed by atoms with van der Waals surface area (Å²) in [7, 11) is 0. The fourth-order valence-electron chi connectivity index (χ4n) is 1.35. The molecule has 0 aromatic carbocycles. The van der Waals surface area contributed by atoms with Gasteiger partial charge in [0.1, 0.15) is 5.82 Å². The van der Waals surface area contributed by atoms with Crippen molar-refractivity contribution >= 4 is 11.0 Å². The zero-order valence-electron chi connectivity index (χ0n) is 7.91. The van der Waals surface area contributed by atoms with Crippen molar-refractivity contribution in [3.8, 4) is 0 Å². The van der Waals surface area contributed by atoms with E-state index in [0.717, 1.165) is 23.3 Å². The summed E-state index contributed by atoms with van der Waals surface area (Å²) in [5.41, 5.74) is 2.01. The molecule has 0 radical (unpaired) electrons. The van der Waals surface area contributed by atoms with E-state index in [-0.39, 0.29) is 0 Å². The van der Waals surface area contributed by atoms with E-state index in [2.05, 4.69) is 28.8 Å². The number of rotatable bonds is 2. The lowest BCUT2D eigenvalue weighted by molar-refractivity contribution is 0.623. The molecule has 13 heavy (non-hydrogen) atoms. The summed E-state index contributed by atoms with van der Waals surface area (Å²) in [6.07, 6.45) is 4.68. The van der Waals surface area contributed by atoms with Crippen molar-refractivity contribution in [1.29, 1.82) is 0 Å². The van der Waals surface area contributed by atoms with Crippen LogP contribution < -0.4 is 0 Å². The van der Waals surface area contributed by atoms with Gasteiger partial charge in [-0.05, 0) is 12.0 Å². The van der Waals surface area contributed by atoms with E-state index in [4.69, 9.17) is 0 Å². The van der Waals surface area contributed by atoms with Crippen molar-refractivity contribution < 1.29 is 0 Å². The van der Waals surface area contributed by atoms with E-state index in [1.54, 1.807) is 0 Å². The average Bonchev–Trinajstić information content (AvgIpc) is 2.49. The van der Waals surface area contributed by atoms with Crippen LogP contribution in [-0.4, -0.2) is 15.0 Å². The van der Waals surface area contributed by atoms with E-state index < -0.39 is 0 Å². The predicted molar refractivity (Wildman–Crippen MR) is 52.4 cm³/mol. The molecule has 0 spiro atoms. The Morgan fingerprint density at radius 2 is 2.31 bits per heavy atom. The molecular weight excluding hydrogens is 162 g/mol. The second kappa shape index (κ2) is 3.17. The summed E-state index contributed by atoms with van der Waals surface area (Å²) in [6.45, 7) is 4.34. The van der Waals surface area contributed by atoms with Crippen molar-refractivity contribution in [2.45, 2.75) is 20.3 Å². The lowest BCUT2D eigenvalue weighted by Crippen LogP contribution is -1.99. The number of fused-ring (bicyclic) bond motifs is 1. The van der Waals surface area contributed by atoms with Crippen molar-refractivity contribution in [2.75, 3.05) is 0 Å². The van der Waals surface area contributed by atoms with Gasteiger partial charge in [0.25, 0.3) is 0 Å². The minimum Gasteiger partial charge on any atom is -0.359 e. The van der Waals surface area contributed by atoms with Crippen LogP contribution in [0.25, 0.3) is 11.0 Å². The molecule has 0 bridgehead atoms. The topological polar surface area (TPSA) is 41.6 Å². The molecule has 0 aliphatic carbocycles. The minimum absolute atomic E-state index is 0.608. The van der Waals surface area contributed by atoms with Gasteiger partial charge < -0.3 is 4.98 Å². The second-order valence-electron chi connectivity index (χ2n) is 3.66. The van der Waals surface area contributed by atoms with Crippen LogP contribution in [0.1, 0.15) is 19.7 Å². The van der Waals surface area contributed by atoms with Gasteiger partial charge in [-0.2, -0.15) is 0 Å². The van der Waals surface area contributed by atoms with Crippen LogP contribution in [0, 0.1) is 5.92 Å². The fraction of sp³-hybridized carbons (Fsp3) is 0.400. The lowest BCUT2D eigenvalue weighted by atomic mass is 10.1. The van der Waals surface area contributed by atoms with Crippen molar-refractivity contribution in [2.24, 2.45) is 5.92 Å². The zero-order chi connectivity index (χ0) is 9.26. The van der Waals surface area contributed by atoms with Gasteiger partial charge in [0.2, 0.25) is 0 Å². The first-order chi connectivity index (χ1) is 6.25. The highest BCUT2D eigenvalue weighted by Crippen LogP contribution is 2.09. The number of aromatic nitrogens is 3. The van der Waals surface area contributed by atoms with E-state index in [1.165, 1.54) is 0 Å². The highest BCUT2D eigenvalue weighted by atomic mass is 14.9. The quantitative estimate of drug-likeness (QED) is 0.759. The molecule has 0 aliphatic rings. The van der Waals surface area contributed by atoms with Crippen LogP contribution in [0.3, 0.4) is 0 Å². The molecule has 1 N–H and O–H groups in total. The smallest absolute Gasteiger partial charge is 0.129 e. The summed E-state index contributed by atoms with van der Waals surface area (Å²) < 4.78 is 0. The van der Waals surface area contributed by atoms with Crippen LogP contribution in [0.4, 0.5) is 0 Å². The molecule has 0 saturated heterocycles. The SMILES string of the molecule is CC(C)Cc1ncc2[nH]ccc2n1. The zero-order valence-corrected chi connectivity index (χ0v) is 7.91. The third-order valence-electron chi connectivity index (χ3n) is 1.94. The molecule has 2 aromatic heterocycles. The minimum atomic E-state index is 0.608. The van der Waals surface area contributed by atoms with Crippen molar-refractivity contribution in [3.63, 3.8) is 0 Å². The Labute approximate surface area is 77.2 Å². The molecule has 3 nitrogen and oxygen atoms in total. The molecule has 0 amide bonds. The van der Waals surface area contributed by atoms with Crippen LogP contribution in [-0.2, 0) is 6.42 Å². The van der Waals surface area contributed by atoms with Crippen LogP contribution >= 0.6 is 0 Å². The van der Waals surface area contributed by atoms with Crippen LogP contribution in [0.15, 0.2) is 18.5 Å². The largest absolute Gasteiger partial charge is 0.359 e. The van der Waals surface area contributed by atoms with E-state index in [1.807, 2.05) is 18.5 Å². The molecule has 0 saturated carbocycles. The molecular formula is C10H13N3. The molecule has 0 aliphatic heterocycles. The maximum atomic E-state index is 4.43. The van der Waals surface area contributed by atoms with Gasteiger partial charge >= 0.3 is 0 Å². The average molecular weight is 175 g/mol. The molecule has 68 valence electrons.